The summed E-state index contributed by atoms with van der Waals surface area (Å²) in [6.45, 7) is 0. The van der Waals surface area contributed by atoms with Gasteiger partial charge in [-0.25, -0.2) is 13.2 Å². The van der Waals surface area contributed by atoms with Crippen molar-refractivity contribution in [3.05, 3.63) is 58.3 Å². The molecule has 0 amide bonds. The maximum Gasteiger partial charge on any atom is 0.161 e. The lowest BCUT2D eigenvalue weighted by molar-refractivity contribution is 0.496. The Labute approximate surface area is 98.9 Å². The van der Waals surface area contributed by atoms with Crippen molar-refractivity contribution in [2.75, 3.05) is 0 Å². The van der Waals surface area contributed by atoms with Gasteiger partial charge in [-0.2, -0.15) is 0 Å². The molecule has 0 aliphatic heterocycles. The molecule has 4 heteroatoms. The summed E-state index contributed by atoms with van der Waals surface area (Å²) < 4.78 is 39.9. The minimum atomic E-state index is -1.18. The first kappa shape index (κ1) is 11.2. The molecule has 0 bridgehead atoms. The Balaban J connectivity index is 2.56. The second-order valence-corrected chi connectivity index (χ2v) is 4.17. The van der Waals surface area contributed by atoms with E-state index in [1.165, 1.54) is 0 Å². The zero-order chi connectivity index (χ0) is 11.7. The van der Waals surface area contributed by atoms with Crippen molar-refractivity contribution in [1.29, 1.82) is 0 Å². The van der Waals surface area contributed by atoms with E-state index >= 15 is 0 Å². The zero-order valence-corrected chi connectivity index (χ0v) is 9.56. The first-order valence-electron chi connectivity index (χ1n) is 4.48. The quantitative estimate of drug-likeness (QED) is 0.676. The van der Waals surface area contributed by atoms with E-state index in [1.807, 2.05) is 0 Å². The van der Waals surface area contributed by atoms with E-state index in [0.29, 0.717) is 11.6 Å². The van der Waals surface area contributed by atoms with Crippen LogP contribution in [0, 0.1) is 17.5 Å². The van der Waals surface area contributed by atoms with Gasteiger partial charge in [0.1, 0.15) is 5.82 Å². The van der Waals surface area contributed by atoms with Gasteiger partial charge in [0.05, 0.1) is 0 Å². The van der Waals surface area contributed by atoms with E-state index in [4.69, 9.17) is 0 Å². The summed E-state index contributed by atoms with van der Waals surface area (Å²) in [7, 11) is 0. The van der Waals surface area contributed by atoms with Crippen LogP contribution >= 0.6 is 15.9 Å². The molecular formula is C12H6BrF3. The average molecular weight is 287 g/mol. The lowest BCUT2D eigenvalue weighted by atomic mass is 10.1. The Morgan fingerprint density at radius 3 is 1.94 bits per heavy atom. The van der Waals surface area contributed by atoms with Crippen LogP contribution in [0.1, 0.15) is 0 Å². The standard InChI is InChI=1S/C12H6BrF3/c13-8-3-1-7(2-4-8)9-5-11(15)12(16)6-10(9)14/h1-6H. The maximum absolute atomic E-state index is 13.4. The normalized spacial score (nSPS) is 10.5. The Kier molecular flexibility index (Phi) is 3.01. The van der Waals surface area contributed by atoms with Gasteiger partial charge in [0.25, 0.3) is 0 Å². The molecule has 0 aromatic heterocycles. The summed E-state index contributed by atoms with van der Waals surface area (Å²) in [5, 5.41) is 0. The molecule has 0 N–H and O–H groups in total. The van der Waals surface area contributed by atoms with Crippen LogP contribution in [0.3, 0.4) is 0 Å². The number of halogens is 4. The summed E-state index contributed by atoms with van der Waals surface area (Å²) in [4.78, 5) is 0. The van der Waals surface area contributed by atoms with E-state index in [-0.39, 0.29) is 5.56 Å². The maximum atomic E-state index is 13.4. The third-order valence-corrected chi connectivity index (χ3v) is 2.69. The van der Waals surface area contributed by atoms with Crippen LogP contribution in [0.5, 0.6) is 0 Å². The topological polar surface area (TPSA) is 0 Å². The van der Waals surface area contributed by atoms with Crippen molar-refractivity contribution in [3.8, 4) is 11.1 Å². The molecule has 0 nitrogen and oxygen atoms in total. The third kappa shape index (κ3) is 2.11. The van der Waals surface area contributed by atoms with Crippen LogP contribution in [0.15, 0.2) is 40.9 Å². The Bertz CT molecular complexity index is 521. The van der Waals surface area contributed by atoms with Crippen LogP contribution in [-0.2, 0) is 0 Å². The molecule has 0 aliphatic carbocycles. The summed E-state index contributed by atoms with van der Waals surface area (Å²) >= 11 is 3.23. The van der Waals surface area contributed by atoms with Gasteiger partial charge in [-0.15, -0.1) is 0 Å². The second kappa shape index (κ2) is 4.29. The summed E-state index contributed by atoms with van der Waals surface area (Å²) in [5.74, 6) is -3.01. The predicted octanol–water partition coefficient (Wildman–Crippen LogP) is 4.53. The van der Waals surface area contributed by atoms with E-state index in [9.17, 15) is 13.2 Å². The van der Waals surface area contributed by atoms with Gasteiger partial charge in [-0.05, 0) is 23.8 Å². The lowest BCUT2D eigenvalue weighted by Crippen LogP contribution is -1.91. The molecule has 82 valence electrons. The van der Waals surface area contributed by atoms with Crippen molar-refractivity contribution in [1.82, 2.24) is 0 Å². The van der Waals surface area contributed by atoms with Crippen molar-refractivity contribution in [2.24, 2.45) is 0 Å². The van der Waals surface area contributed by atoms with Crippen LogP contribution in [-0.4, -0.2) is 0 Å². The Hall–Kier alpha value is -1.29. The monoisotopic (exact) mass is 286 g/mol. The average Bonchev–Trinajstić information content (AvgIpc) is 2.25. The van der Waals surface area contributed by atoms with Gasteiger partial charge in [0, 0.05) is 16.1 Å². The van der Waals surface area contributed by atoms with Gasteiger partial charge in [-0.3, -0.25) is 0 Å². The van der Waals surface area contributed by atoms with Crippen molar-refractivity contribution >= 4 is 15.9 Å². The number of rotatable bonds is 1. The van der Waals surface area contributed by atoms with Gasteiger partial charge >= 0.3 is 0 Å². The molecule has 0 saturated carbocycles. The Morgan fingerprint density at radius 2 is 1.31 bits per heavy atom. The van der Waals surface area contributed by atoms with Crippen LogP contribution < -0.4 is 0 Å². The number of hydrogen-bond donors (Lipinski definition) is 0. The number of hydrogen-bond acceptors (Lipinski definition) is 0. The van der Waals surface area contributed by atoms with Crippen LogP contribution in [0.2, 0.25) is 0 Å². The Morgan fingerprint density at radius 1 is 0.750 bits per heavy atom. The number of benzene rings is 2. The first-order valence-corrected chi connectivity index (χ1v) is 5.27. The molecular weight excluding hydrogens is 281 g/mol. The molecule has 0 heterocycles. The van der Waals surface area contributed by atoms with Gasteiger partial charge in [0.2, 0.25) is 0 Å². The highest BCUT2D eigenvalue weighted by Gasteiger charge is 2.11. The third-order valence-electron chi connectivity index (χ3n) is 2.17. The van der Waals surface area contributed by atoms with E-state index in [2.05, 4.69) is 15.9 Å². The van der Waals surface area contributed by atoms with Crippen LogP contribution in [0.4, 0.5) is 13.2 Å². The van der Waals surface area contributed by atoms with Gasteiger partial charge in [0.15, 0.2) is 11.6 Å². The molecule has 0 saturated heterocycles. The zero-order valence-electron chi connectivity index (χ0n) is 7.98. The minimum absolute atomic E-state index is 0.0476. The van der Waals surface area contributed by atoms with E-state index in [1.54, 1.807) is 24.3 Å². The SMILES string of the molecule is Fc1cc(F)c(-c2ccc(Br)cc2)cc1F. The lowest BCUT2D eigenvalue weighted by Gasteiger charge is -2.04. The highest BCUT2D eigenvalue weighted by Crippen LogP contribution is 2.26. The molecule has 2 aromatic carbocycles. The van der Waals surface area contributed by atoms with E-state index < -0.39 is 17.5 Å². The fraction of sp³-hybridized carbons (Fsp3) is 0. The molecule has 2 aromatic rings. The summed E-state index contributed by atoms with van der Waals surface area (Å²) in [6.07, 6.45) is 0. The molecule has 0 atom stereocenters. The van der Waals surface area contributed by atoms with Crippen molar-refractivity contribution in [3.63, 3.8) is 0 Å². The summed E-state index contributed by atoms with van der Waals surface area (Å²) in [6, 6.07) is 8.06. The first-order chi connectivity index (χ1) is 7.58. The molecule has 0 aliphatic rings. The minimum Gasteiger partial charge on any atom is -0.206 e. The van der Waals surface area contributed by atoms with Gasteiger partial charge in [-0.1, -0.05) is 28.1 Å². The molecule has 0 unspecified atom stereocenters. The van der Waals surface area contributed by atoms with Crippen LogP contribution in [0.25, 0.3) is 11.1 Å². The molecule has 0 radical (unpaired) electrons. The molecule has 0 fully saturated rings. The summed E-state index contributed by atoms with van der Waals surface area (Å²) in [5.41, 5.74) is 0.547. The van der Waals surface area contributed by atoms with Crippen molar-refractivity contribution in [2.45, 2.75) is 0 Å². The highest BCUT2D eigenvalue weighted by atomic mass is 79.9. The molecule has 2 rings (SSSR count). The highest BCUT2D eigenvalue weighted by molar-refractivity contribution is 9.10. The van der Waals surface area contributed by atoms with Gasteiger partial charge < -0.3 is 0 Å². The fourth-order valence-corrected chi connectivity index (χ4v) is 1.64. The smallest absolute Gasteiger partial charge is 0.161 e. The predicted molar refractivity (Wildman–Crippen MR) is 59.5 cm³/mol. The largest absolute Gasteiger partial charge is 0.206 e. The fourth-order valence-electron chi connectivity index (χ4n) is 1.37. The molecule has 16 heavy (non-hydrogen) atoms. The van der Waals surface area contributed by atoms with E-state index in [0.717, 1.165) is 10.5 Å². The molecule has 0 spiro atoms. The second-order valence-electron chi connectivity index (χ2n) is 3.25. The van der Waals surface area contributed by atoms with Crippen molar-refractivity contribution < 1.29 is 13.2 Å².